The first kappa shape index (κ1) is 20.9. The fourth-order valence-corrected chi connectivity index (χ4v) is 4.78. The molecule has 0 fully saturated rings. The molecule has 0 bridgehead atoms. The smallest absolute Gasteiger partial charge is 0.294 e. The molecule has 0 radical (unpaired) electrons. The number of nitrogens with one attached hydrogen (secondary N) is 4. The molecule has 4 aromatic heterocycles. The van der Waals surface area contributed by atoms with Gasteiger partial charge in [0.15, 0.2) is 0 Å². The Labute approximate surface area is 186 Å². The number of anilines is 2. The summed E-state index contributed by atoms with van der Waals surface area (Å²) in [5.41, 5.74) is 0. The topological polar surface area (TPSA) is 193 Å². The van der Waals surface area contributed by atoms with Gasteiger partial charge in [0.05, 0.1) is 0 Å². The fraction of sp³-hybridized carbons (Fsp3) is 0.286. The SMILES string of the molecule is O=C(Nc1nnc(CCSCCc2nnc(NC(=O)c3ncn[nH]3)s2)s1)c1ncn[nH]1. The van der Waals surface area contributed by atoms with Crippen molar-refractivity contribution >= 4 is 56.5 Å². The van der Waals surface area contributed by atoms with Crippen molar-refractivity contribution < 1.29 is 9.59 Å². The molecule has 0 aliphatic carbocycles. The zero-order valence-electron chi connectivity index (χ0n) is 15.6. The molecular weight excluding hydrogens is 464 g/mol. The van der Waals surface area contributed by atoms with Crippen LogP contribution in [0, 0.1) is 0 Å². The number of thioether (sulfide) groups is 1. The number of amides is 2. The molecule has 4 heterocycles. The van der Waals surface area contributed by atoms with E-state index in [2.05, 4.69) is 61.4 Å². The van der Waals surface area contributed by atoms with Crippen molar-refractivity contribution in [1.82, 2.24) is 50.8 Å². The molecule has 0 aliphatic rings. The maximum Gasteiger partial charge on any atom is 0.294 e. The van der Waals surface area contributed by atoms with Gasteiger partial charge < -0.3 is 0 Å². The Kier molecular flexibility index (Phi) is 6.85. The third-order valence-corrected chi connectivity index (χ3v) is 6.34. The van der Waals surface area contributed by atoms with Crippen LogP contribution in [0.5, 0.6) is 0 Å². The first-order valence-electron chi connectivity index (χ1n) is 8.73. The summed E-state index contributed by atoms with van der Waals surface area (Å²) in [4.78, 5) is 31.3. The van der Waals surface area contributed by atoms with Crippen LogP contribution in [0.4, 0.5) is 10.3 Å². The molecule has 160 valence electrons. The molecule has 2 amide bonds. The number of carbonyl (C=O) groups excluding carboxylic acids is 2. The van der Waals surface area contributed by atoms with Crippen LogP contribution in [0.15, 0.2) is 12.7 Å². The van der Waals surface area contributed by atoms with Crippen LogP contribution in [0.2, 0.25) is 0 Å². The summed E-state index contributed by atoms with van der Waals surface area (Å²) in [5, 5.41) is 36.0. The highest BCUT2D eigenvalue weighted by Crippen LogP contribution is 2.20. The summed E-state index contributed by atoms with van der Waals surface area (Å²) in [6, 6.07) is 0. The average Bonchev–Trinajstić information content (AvgIpc) is 3.55. The minimum Gasteiger partial charge on any atom is -0.294 e. The number of nitrogens with zero attached hydrogens (tertiary/aromatic N) is 8. The van der Waals surface area contributed by atoms with Gasteiger partial charge in [0.2, 0.25) is 21.9 Å². The quantitative estimate of drug-likeness (QED) is 0.234. The molecule has 4 rings (SSSR count). The summed E-state index contributed by atoms with van der Waals surface area (Å²) in [6.07, 6.45) is 3.98. The van der Waals surface area contributed by atoms with Crippen LogP contribution in [0.1, 0.15) is 31.3 Å². The van der Waals surface area contributed by atoms with Crippen molar-refractivity contribution in [2.75, 3.05) is 22.1 Å². The van der Waals surface area contributed by atoms with Gasteiger partial charge >= 0.3 is 0 Å². The first-order chi connectivity index (χ1) is 15.2. The highest BCUT2D eigenvalue weighted by molar-refractivity contribution is 7.99. The van der Waals surface area contributed by atoms with Crippen LogP contribution in [0.3, 0.4) is 0 Å². The molecule has 14 nitrogen and oxygen atoms in total. The second-order valence-electron chi connectivity index (χ2n) is 5.69. The van der Waals surface area contributed by atoms with Crippen LogP contribution in [-0.4, -0.2) is 74.1 Å². The van der Waals surface area contributed by atoms with Crippen molar-refractivity contribution in [2.24, 2.45) is 0 Å². The summed E-state index contributed by atoms with van der Waals surface area (Å²) in [7, 11) is 0. The summed E-state index contributed by atoms with van der Waals surface area (Å²) in [5.74, 6) is 1.09. The first-order valence-corrected chi connectivity index (χ1v) is 11.5. The number of hydrogen-bond acceptors (Lipinski definition) is 13. The van der Waals surface area contributed by atoms with Gasteiger partial charge in [0.25, 0.3) is 11.8 Å². The Morgan fingerprint density at radius 2 is 1.29 bits per heavy atom. The predicted molar refractivity (Wildman–Crippen MR) is 113 cm³/mol. The van der Waals surface area contributed by atoms with Crippen LogP contribution in [0.25, 0.3) is 0 Å². The van der Waals surface area contributed by atoms with E-state index < -0.39 is 11.8 Å². The van der Waals surface area contributed by atoms with E-state index in [4.69, 9.17) is 0 Å². The number of rotatable bonds is 10. The Bertz CT molecular complexity index is 1040. The van der Waals surface area contributed by atoms with Gasteiger partial charge in [0, 0.05) is 12.8 Å². The molecule has 31 heavy (non-hydrogen) atoms. The van der Waals surface area contributed by atoms with E-state index in [9.17, 15) is 9.59 Å². The largest absolute Gasteiger partial charge is 0.294 e. The van der Waals surface area contributed by atoms with Gasteiger partial charge in [-0.15, -0.1) is 20.4 Å². The predicted octanol–water partition coefficient (Wildman–Crippen LogP) is 0.649. The second-order valence-corrected chi connectivity index (χ2v) is 9.04. The van der Waals surface area contributed by atoms with Crippen molar-refractivity contribution in [1.29, 1.82) is 0 Å². The molecule has 4 aromatic rings. The monoisotopic (exact) mass is 478 g/mol. The van der Waals surface area contributed by atoms with Gasteiger partial charge in [-0.05, 0) is 11.5 Å². The molecule has 0 saturated carbocycles. The average molecular weight is 479 g/mol. The molecule has 17 heteroatoms. The number of aromatic amines is 2. The standard InChI is InChI=1S/C14H14N12O2S3/c27-11(9-15-5-17-23-9)19-13-25-21-7(30-13)1-3-29-4-2-8-22-26-14(31-8)20-12(28)10-16-6-18-24-10/h5-6H,1-4H2,(H,15,17,23)(H,16,18,24)(H,19,25,27)(H,20,26,28). The van der Waals surface area contributed by atoms with E-state index in [1.54, 1.807) is 11.8 Å². The van der Waals surface area contributed by atoms with E-state index in [-0.39, 0.29) is 11.6 Å². The molecule has 0 aromatic carbocycles. The highest BCUT2D eigenvalue weighted by atomic mass is 32.2. The van der Waals surface area contributed by atoms with Crippen LogP contribution in [-0.2, 0) is 12.8 Å². The second kappa shape index (κ2) is 10.1. The van der Waals surface area contributed by atoms with E-state index in [1.165, 1.54) is 35.3 Å². The molecule has 4 N–H and O–H groups in total. The zero-order valence-corrected chi connectivity index (χ0v) is 18.1. The number of H-pyrrole nitrogens is 2. The molecule has 0 unspecified atom stereocenters. The van der Waals surface area contributed by atoms with Gasteiger partial charge in [-0.2, -0.15) is 22.0 Å². The van der Waals surface area contributed by atoms with E-state index in [0.717, 1.165) is 34.4 Å². The van der Waals surface area contributed by atoms with Gasteiger partial charge in [-0.25, -0.2) is 9.97 Å². The summed E-state index contributed by atoms with van der Waals surface area (Å²) in [6.45, 7) is 0. The lowest BCUT2D eigenvalue weighted by Gasteiger charge is -1.97. The third kappa shape index (κ3) is 5.86. The summed E-state index contributed by atoms with van der Waals surface area (Å²) >= 11 is 4.38. The van der Waals surface area contributed by atoms with E-state index in [0.29, 0.717) is 10.3 Å². The lowest BCUT2D eigenvalue weighted by atomic mass is 10.5. The minimum atomic E-state index is -0.414. The number of aromatic nitrogens is 10. The van der Waals surface area contributed by atoms with Gasteiger partial charge in [-0.3, -0.25) is 30.4 Å². The Balaban J connectivity index is 1.14. The minimum absolute atomic E-state index is 0.115. The van der Waals surface area contributed by atoms with Crippen molar-refractivity contribution in [3.8, 4) is 0 Å². The Hall–Kier alpha value is -3.31. The van der Waals surface area contributed by atoms with Gasteiger partial charge in [-0.1, -0.05) is 22.7 Å². The molecular formula is C14H14N12O2S3. The van der Waals surface area contributed by atoms with E-state index >= 15 is 0 Å². The molecule has 0 spiro atoms. The Morgan fingerprint density at radius 1 is 0.806 bits per heavy atom. The fourth-order valence-electron chi connectivity index (χ4n) is 2.17. The molecule has 0 saturated heterocycles. The van der Waals surface area contributed by atoms with Crippen LogP contribution >= 0.6 is 34.4 Å². The Morgan fingerprint density at radius 3 is 1.71 bits per heavy atom. The van der Waals surface area contributed by atoms with Crippen LogP contribution < -0.4 is 10.6 Å². The normalized spacial score (nSPS) is 10.8. The highest BCUT2D eigenvalue weighted by Gasteiger charge is 2.13. The molecule has 0 atom stereocenters. The zero-order chi connectivity index (χ0) is 21.5. The lowest BCUT2D eigenvalue weighted by Crippen LogP contribution is -2.13. The van der Waals surface area contributed by atoms with E-state index in [1.807, 2.05) is 0 Å². The lowest BCUT2D eigenvalue weighted by molar-refractivity contribution is 0.100. The number of hydrogen-bond donors (Lipinski definition) is 4. The number of carbonyl (C=O) groups is 2. The number of aryl methyl sites for hydroxylation is 2. The van der Waals surface area contributed by atoms with Crippen molar-refractivity contribution in [2.45, 2.75) is 12.8 Å². The maximum absolute atomic E-state index is 11.9. The van der Waals surface area contributed by atoms with Crippen molar-refractivity contribution in [3.63, 3.8) is 0 Å². The van der Waals surface area contributed by atoms with Crippen molar-refractivity contribution in [3.05, 3.63) is 34.3 Å². The maximum atomic E-state index is 11.9. The third-order valence-electron chi connectivity index (χ3n) is 3.56. The summed E-state index contributed by atoms with van der Waals surface area (Å²) < 4.78 is 0. The molecule has 0 aliphatic heterocycles. The van der Waals surface area contributed by atoms with Gasteiger partial charge in [0.1, 0.15) is 22.7 Å².